The summed E-state index contributed by atoms with van der Waals surface area (Å²) in [6, 6.07) is 9.87. The number of aromatic nitrogens is 1. The first-order chi connectivity index (χ1) is 10.2. The fourth-order valence-corrected chi connectivity index (χ4v) is 2.19. The number of fused-ring (bicyclic) bond motifs is 1. The van der Waals surface area contributed by atoms with E-state index in [9.17, 15) is 9.50 Å². The lowest BCUT2D eigenvalue weighted by Crippen LogP contribution is -2.01. The molecular weight excluding hydrogens is 273 g/mol. The maximum absolute atomic E-state index is 13.6. The molecule has 5 heteroatoms. The number of hydrogen-bond acceptors (Lipinski definition) is 4. The number of para-hydroxylation sites is 1. The summed E-state index contributed by atoms with van der Waals surface area (Å²) in [7, 11) is 1.54. The van der Waals surface area contributed by atoms with Gasteiger partial charge >= 0.3 is 0 Å². The van der Waals surface area contributed by atoms with E-state index in [-0.39, 0.29) is 5.58 Å². The van der Waals surface area contributed by atoms with Gasteiger partial charge in [0.15, 0.2) is 11.4 Å². The molecule has 3 aromatic rings. The summed E-state index contributed by atoms with van der Waals surface area (Å²) >= 11 is 0. The van der Waals surface area contributed by atoms with E-state index >= 15 is 0 Å². The van der Waals surface area contributed by atoms with E-state index in [1.54, 1.807) is 37.6 Å². The molecule has 2 heterocycles. The molecule has 0 saturated heterocycles. The second-order valence-electron chi connectivity index (χ2n) is 4.74. The number of aliphatic hydroxyl groups is 1. The van der Waals surface area contributed by atoms with Crippen LogP contribution in [0.15, 0.2) is 47.0 Å². The van der Waals surface area contributed by atoms with Crippen LogP contribution in [0.1, 0.15) is 17.4 Å². The molecule has 0 aliphatic rings. The number of halogens is 1. The molecule has 0 fully saturated rings. The molecular formula is C16H14FNO3. The summed E-state index contributed by atoms with van der Waals surface area (Å²) < 4.78 is 24.0. The Morgan fingerprint density at radius 2 is 2.19 bits per heavy atom. The average Bonchev–Trinajstić information content (AvgIpc) is 2.94. The van der Waals surface area contributed by atoms with Crippen molar-refractivity contribution in [2.45, 2.75) is 12.5 Å². The number of ether oxygens (including phenoxy) is 1. The number of nitrogens with zero attached hydrogens (tertiary/aromatic N) is 1. The molecule has 0 aliphatic heterocycles. The van der Waals surface area contributed by atoms with Crippen molar-refractivity contribution in [2.24, 2.45) is 0 Å². The quantitative estimate of drug-likeness (QED) is 0.800. The summed E-state index contributed by atoms with van der Waals surface area (Å²) in [6.45, 7) is 0. The lowest BCUT2D eigenvalue weighted by Gasteiger charge is -2.07. The van der Waals surface area contributed by atoms with E-state index in [0.29, 0.717) is 23.4 Å². The SMILES string of the molecule is COc1ccc(CC(O)c2cc3cccc(F)c3o2)cn1. The van der Waals surface area contributed by atoms with E-state index in [0.717, 1.165) is 5.56 Å². The molecule has 3 rings (SSSR count). The summed E-state index contributed by atoms with van der Waals surface area (Å²) in [6.07, 6.45) is 1.11. The first kappa shape index (κ1) is 13.6. The van der Waals surface area contributed by atoms with Gasteiger partial charge in [-0.1, -0.05) is 18.2 Å². The van der Waals surface area contributed by atoms with Crippen LogP contribution < -0.4 is 4.74 Å². The molecule has 0 spiro atoms. The van der Waals surface area contributed by atoms with E-state index in [1.165, 1.54) is 6.07 Å². The molecule has 2 aromatic heterocycles. The van der Waals surface area contributed by atoms with Crippen molar-refractivity contribution < 1.29 is 18.7 Å². The maximum Gasteiger partial charge on any atom is 0.212 e. The number of hydrogen-bond donors (Lipinski definition) is 1. The predicted octanol–water partition coefficient (Wildman–Crippen LogP) is 3.25. The Bertz CT molecular complexity index is 752. The van der Waals surface area contributed by atoms with Crippen molar-refractivity contribution >= 4 is 11.0 Å². The molecule has 0 saturated carbocycles. The van der Waals surface area contributed by atoms with Gasteiger partial charge in [-0.3, -0.25) is 0 Å². The Kier molecular flexibility index (Phi) is 3.58. The van der Waals surface area contributed by atoms with E-state index in [1.807, 2.05) is 6.07 Å². The summed E-state index contributed by atoms with van der Waals surface area (Å²) in [5, 5.41) is 10.9. The van der Waals surface area contributed by atoms with Gasteiger partial charge in [-0.25, -0.2) is 9.37 Å². The number of aliphatic hydroxyl groups excluding tert-OH is 1. The third kappa shape index (κ3) is 2.73. The van der Waals surface area contributed by atoms with Crippen molar-refractivity contribution in [3.63, 3.8) is 0 Å². The molecule has 1 aromatic carbocycles. The second-order valence-corrected chi connectivity index (χ2v) is 4.74. The second kappa shape index (κ2) is 5.54. The van der Waals surface area contributed by atoms with Crippen LogP contribution in [-0.4, -0.2) is 17.2 Å². The van der Waals surface area contributed by atoms with E-state index in [4.69, 9.17) is 9.15 Å². The van der Waals surface area contributed by atoms with Gasteiger partial charge in [0.05, 0.1) is 7.11 Å². The monoisotopic (exact) mass is 287 g/mol. The van der Waals surface area contributed by atoms with E-state index in [2.05, 4.69) is 4.98 Å². The third-order valence-electron chi connectivity index (χ3n) is 3.28. The number of benzene rings is 1. The van der Waals surface area contributed by atoms with Crippen LogP contribution in [0.5, 0.6) is 5.88 Å². The highest BCUT2D eigenvalue weighted by atomic mass is 19.1. The lowest BCUT2D eigenvalue weighted by atomic mass is 10.1. The number of pyridine rings is 1. The van der Waals surface area contributed by atoms with Crippen LogP contribution in [0.25, 0.3) is 11.0 Å². The minimum Gasteiger partial charge on any atom is -0.481 e. The highest BCUT2D eigenvalue weighted by Crippen LogP contribution is 2.27. The van der Waals surface area contributed by atoms with Gasteiger partial charge in [-0.05, 0) is 17.7 Å². The standard InChI is InChI=1S/C16H14FNO3/c1-20-15-6-5-10(9-18-15)7-13(19)14-8-11-3-2-4-12(17)16(11)21-14/h2-6,8-9,13,19H,7H2,1H3. The van der Waals surface area contributed by atoms with Crippen LogP contribution in [-0.2, 0) is 6.42 Å². The van der Waals surface area contributed by atoms with Gasteiger partial charge in [0, 0.05) is 24.1 Å². The van der Waals surface area contributed by atoms with Crippen molar-refractivity contribution in [2.75, 3.05) is 7.11 Å². The Balaban J connectivity index is 1.82. The minimum atomic E-state index is -0.855. The van der Waals surface area contributed by atoms with Crippen molar-refractivity contribution in [3.05, 3.63) is 59.7 Å². The first-order valence-electron chi connectivity index (χ1n) is 6.52. The summed E-state index contributed by atoms with van der Waals surface area (Å²) in [5.41, 5.74) is 1.00. The number of furan rings is 1. The van der Waals surface area contributed by atoms with Crippen molar-refractivity contribution in [3.8, 4) is 5.88 Å². The molecule has 108 valence electrons. The summed E-state index contributed by atoms with van der Waals surface area (Å²) in [4.78, 5) is 4.08. The molecule has 0 bridgehead atoms. The summed E-state index contributed by atoms with van der Waals surface area (Å²) in [5.74, 6) is 0.419. The zero-order chi connectivity index (χ0) is 14.8. The smallest absolute Gasteiger partial charge is 0.212 e. The van der Waals surface area contributed by atoms with Crippen LogP contribution in [0.2, 0.25) is 0 Å². The molecule has 1 N–H and O–H groups in total. The van der Waals surface area contributed by atoms with Gasteiger partial charge in [0.25, 0.3) is 0 Å². The average molecular weight is 287 g/mol. The predicted molar refractivity (Wildman–Crippen MR) is 75.6 cm³/mol. The fraction of sp³-hybridized carbons (Fsp3) is 0.188. The lowest BCUT2D eigenvalue weighted by molar-refractivity contribution is 0.152. The Morgan fingerprint density at radius 1 is 1.33 bits per heavy atom. The fourth-order valence-electron chi connectivity index (χ4n) is 2.19. The first-order valence-corrected chi connectivity index (χ1v) is 6.52. The molecule has 4 nitrogen and oxygen atoms in total. The highest BCUT2D eigenvalue weighted by Gasteiger charge is 2.16. The molecule has 1 atom stereocenters. The van der Waals surface area contributed by atoms with Gasteiger partial charge < -0.3 is 14.3 Å². The van der Waals surface area contributed by atoms with Gasteiger partial charge in [-0.15, -0.1) is 0 Å². The van der Waals surface area contributed by atoms with Crippen molar-refractivity contribution in [1.82, 2.24) is 4.98 Å². The number of rotatable bonds is 4. The maximum atomic E-state index is 13.6. The molecule has 1 unspecified atom stereocenters. The minimum absolute atomic E-state index is 0.166. The third-order valence-corrected chi connectivity index (χ3v) is 3.28. The topological polar surface area (TPSA) is 55.5 Å². The molecule has 0 aliphatic carbocycles. The largest absolute Gasteiger partial charge is 0.481 e. The van der Waals surface area contributed by atoms with Gasteiger partial charge in [0.2, 0.25) is 5.88 Å². The Morgan fingerprint density at radius 3 is 2.86 bits per heavy atom. The number of methoxy groups -OCH3 is 1. The Labute approximate surface area is 120 Å². The van der Waals surface area contributed by atoms with Crippen LogP contribution in [0.3, 0.4) is 0 Å². The normalized spacial score (nSPS) is 12.5. The molecule has 0 amide bonds. The Hall–Kier alpha value is -2.40. The van der Waals surface area contributed by atoms with Gasteiger partial charge in [0.1, 0.15) is 11.9 Å². The van der Waals surface area contributed by atoms with Crippen LogP contribution >= 0.6 is 0 Å². The van der Waals surface area contributed by atoms with Crippen LogP contribution in [0.4, 0.5) is 4.39 Å². The highest BCUT2D eigenvalue weighted by molar-refractivity contribution is 5.78. The zero-order valence-corrected chi connectivity index (χ0v) is 11.4. The van der Waals surface area contributed by atoms with E-state index < -0.39 is 11.9 Å². The zero-order valence-electron chi connectivity index (χ0n) is 11.4. The van der Waals surface area contributed by atoms with Gasteiger partial charge in [-0.2, -0.15) is 0 Å². The van der Waals surface area contributed by atoms with Crippen LogP contribution in [0, 0.1) is 5.82 Å². The molecule has 21 heavy (non-hydrogen) atoms. The van der Waals surface area contributed by atoms with Crippen molar-refractivity contribution in [1.29, 1.82) is 0 Å². The molecule has 0 radical (unpaired) electrons.